The van der Waals surface area contributed by atoms with Crippen LogP contribution in [-0.4, -0.2) is 30.8 Å². The number of ether oxygens (including phenoxy) is 2. The van der Waals surface area contributed by atoms with Crippen LogP contribution in [0.15, 0.2) is 60.2 Å². The number of hydrogen-bond acceptors (Lipinski definition) is 6. The fourth-order valence-electron chi connectivity index (χ4n) is 2.02. The van der Waals surface area contributed by atoms with E-state index in [0.717, 1.165) is 0 Å². The Bertz CT molecular complexity index is 848. The normalized spacial score (nSPS) is 10.3. The highest BCUT2D eigenvalue weighted by Gasteiger charge is 2.10. The quantitative estimate of drug-likeness (QED) is 0.339. The Labute approximate surface area is 149 Å². The molecule has 0 spiro atoms. The van der Waals surface area contributed by atoms with Gasteiger partial charge in [0.2, 0.25) is 0 Å². The Kier molecular flexibility index (Phi) is 6.44. The zero-order valence-corrected chi connectivity index (χ0v) is 14.0. The van der Waals surface area contributed by atoms with Gasteiger partial charge < -0.3 is 9.47 Å². The fraction of sp³-hybridized carbons (Fsp3) is 0.111. The smallest absolute Gasteiger partial charge is 0.271 e. The monoisotopic (exact) mass is 355 g/mol. The number of nitro groups is 1. The molecule has 26 heavy (non-hydrogen) atoms. The van der Waals surface area contributed by atoms with Gasteiger partial charge >= 0.3 is 0 Å². The highest BCUT2D eigenvalue weighted by molar-refractivity contribution is 5.95. The molecular formula is C18H17N3O5. The van der Waals surface area contributed by atoms with Gasteiger partial charge in [0.1, 0.15) is 6.61 Å². The molecule has 8 heteroatoms. The van der Waals surface area contributed by atoms with Crippen LogP contribution in [0.1, 0.15) is 15.9 Å². The highest BCUT2D eigenvalue weighted by atomic mass is 16.6. The zero-order chi connectivity index (χ0) is 18.9. The van der Waals surface area contributed by atoms with Crippen LogP contribution >= 0.6 is 0 Å². The summed E-state index contributed by atoms with van der Waals surface area (Å²) in [5, 5.41) is 14.6. The molecule has 0 aliphatic rings. The van der Waals surface area contributed by atoms with Crippen molar-refractivity contribution in [3.63, 3.8) is 0 Å². The van der Waals surface area contributed by atoms with Gasteiger partial charge in [-0.1, -0.05) is 18.7 Å². The third-order valence-corrected chi connectivity index (χ3v) is 3.24. The van der Waals surface area contributed by atoms with Gasteiger partial charge in [-0.05, 0) is 29.8 Å². The zero-order valence-electron chi connectivity index (χ0n) is 14.0. The molecule has 0 unspecified atom stereocenters. The van der Waals surface area contributed by atoms with E-state index in [1.54, 1.807) is 24.3 Å². The average molecular weight is 355 g/mol. The van der Waals surface area contributed by atoms with Crippen molar-refractivity contribution in [3.05, 3.63) is 76.4 Å². The van der Waals surface area contributed by atoms with Gasteiger partial charge in [0.15, 0.2) is 11.5 Å². The van der Waals surface area contributed by atoms with E-state index in [-0.39, 0.29) is 11.3 Å². The first-order chi connectivity index (χ1) is 12.5. The maximum Gasteiger partial charge on any atom is 0.271 e. The maximum absolute atomic E-state index is 12.0. The molecule has 0 aromatic heterocycles. The lowest BCUT2D eigenvalue weighted by Crippen LogP contribution is -2.17. The van der Waals surface area contributed by atoms with Crippen LogP contribution in [-0.2, 0) is 0 Å². The Morgan fingerprint density at radius 2 is 2.12 bits per heavy atom. The average Bonchev–Trinajstić information content (AvgIpc) is 2.66. The molecule has 0 radical (unpaired) electrons. The summed E-state index contributed by atoms with van der Waals surface area (Å²) in [6, 6.07) is 10.5. The number of nitrogens with zero attached hydrogens (tertiary/aromatic N) is 2. The number of hydrazone groups is 1. The highest BCUT2D eigenvalue weighted by Crippen LogP contribution is 2.27. The molecule has 0 atom stereocenters. The van der Waals surface area contributed by atoms with Gasteiger partial charge in [-0.2, -0.15) is 5.10 Å². The van der Waals surface area contributed by atoms with Crippen molar-refractivity contribution in [2.24, 2.45) is 5.10 Å². The number of nitrogens with one attached hydrogen (secondary N) is 1. The molecule has 0 saturated heterocycles. The molecule has 2 aromatic rings. The maximum atomic E-state index is 12.0. The summed E-state index contributed by atoms with van der Waals surface area (Å²) >= 11 is 0. The predicted molar refractivity (Wildman–Crippen MR) is 96.8 cm³/mol. The van der Waals surface area contributed by atoms with Crippen molar-refractivity contribution in [1.29, 1.82) is 0 Å². The lowest BCUT2D eigenvalue weighted by Gasteiger charge is -2.09. The molecule has 0 bridgehead atoms. The fourth-order valence-corrected chi connectivity index (χ4v) is 2.02. The van der Waals surface area contributed by atoms with E-state index in [1.165, 1.54) is 37.6 Å². The summed E-state index contributed by atoms with van der Waals surface area (Å²) in [5.41, 5.74) is 2.97. The van der Waals surface area contributed by atoms with Crippen molar-refractivity contribution < 1.29 is 19.2 Å². The van der Waals surface area contributed by atoms with E-state index < -0.39 is 10.8 Å². The van der Waals surface area contributed by atoms with Crippen molar-refractivity contribution in [2.75, 3.05) is 13.7 Å². The molecule has 1 N–H and O–H groups in total. The second-order valence-corrected chi connectivity index (χ2v) is 5.02. The van der Waals surface area contributed by atoms with E-state index in [0.29, 0.717) is 23.7 Å². The number of benzene rings is 2. The number of carbonyl (C=O) groups excluding carboxylic acids is 1. The second-order valence-electron chi connectivity index (χ2n) is 5.02. The first-order valence-electron chi connectivity index (χ1n) is 7.54. The van der Waals surface area contributed by atoms with Crippen molar-refractivity contribution >= 4 is 17.8 Å². The van der Waals surface area contributed by atoms with E-state index in [9.17, 15) is 14.9 Å². The minimum absolute atomic E-state index is 0.141. The topological polar surface area (TPSA) is 103 Å². The second kappa shape index (κ2) is 8.97. The van der Waals surface area contributed by atoms with E-state index >= 15 is 0 Å². The summed E-state index contributed by atoms with van der Waals surface area (Å²) in [4.78, 5) is 22.2. The van der Waals surface area contributed by atoms with Gasteiger partial charge in [0, 0.05) is 17.7 Å². The summed E-state index contributed by atoms with van der Waals surface area (Å²) in [5.74, 6) is 0.522. The molecule has 0 saturated carbocycles. The van der Waals surface area contributed by atoms with E-state index in [2.05, 4.69) is 17.1 Å². The Morgan fingerprint density at radius 3 is 2.81 bits per heavy atom. The number of hydrogen-bond donors (Lipinski definition) is 1. The predicted octanol–water partition coefficient (Wildman–Crippen LogP) is 2.93. The molecule has 134 valence electrons. The van der Waals surface area contributed by atoms with Gasteiger partial charge in [-0.15, -0.1) is 0 Å². The first kappa shape index (κ1) is 18.7. The van der Waals surface area contributed by atoms with Crippen LogP contribution in [0, 0.1) is 10.1 Å². The minimum atomic E-state index is -0.567. The van der Waals surface area contributed by atoms with Crippen LogP contribution in [0.2, 0.25) is 0 Å². The van der Waals surface area contributed by atoms with Crippen LogP contribution in [0.25, 0.3) is 0 Å². The lowest BCUT2D eigenvalue weighted by atomic mass is 10.2. The molecule has 0 fully saturated rings. The molecule has 0 aliphatic heterocycles. The summed E-state index contributed by atoms with van der Waals surface area (Å²) < 4.78 is 10.7. The largest absolute Gasteiger partial charge is 0.493 e. The standard InChI is InChI=1S/C18H17N3O5/c1-3-9-26-16-8-7-13(10-17(16)25-2)12-19-20-18(22)14-5-4-6-15(11-14)21(23)24/h3-8,10-12H,1,9H2,2H3,(H,20,22)/b19-12+. The lowest BCUT2D eigenvalue weighted by molar-refractivity contribution is -0.384. The molecule has 8 nitrogen and oxygen atoms in total. The SMILES string of the molecule is C=CCOc1ccc(/C=N/NC(=O)c2cccc([N+](=O)[O-])c2)cc1OC. The van der Waals surface area contributed by atoms with Gasteiger partial charge in [0.25, 0.3) is 11.6 Å². The van der Waals surface area contributed by atoms with Crippen LogP contribution < -0.4 is 14.9 Å². The summed E-state index contributed by atoms with van der Waals surface area (Å²) in [6.45, 7) is 3.93. The van der Waals surface area contributed by atoms with Gasteiger partial charge in [-0.3, -0.25) is 14.9 Å². The Morgan fingerprint density at radius 1 is 1.31 bits per heavy atom. The molecule has 1 amide bonds. The van der Waals surface area contributed by atoms with E-state index in [4.69, 9.17) is 9.47 Å². The first-order valence-corrected chi connectivity index (χ1v) is 7.54. The van der Waals surface area contributed by atoms with Crippen molar-refractivity contribution in [2.45, 2.75) is 0 Å². The minimum Gasteiger partial charge on any atom is -0.493 e. The Balaban J connectivity index is 2.05. The van der Waals surface area contributed by atoms with Gasteiger partial charge in [0.05, 0.1) is 18.2 Å². The van der Waals surface area contributed by atoms with E-state index in [1.807, 2.05) is 0 Å². The number of non-ortho nitro benzene ring substituents is 1. The third kappa shape index (κ3) is 4.91. The molecule has 2 rings (SSSR count). The summed E-state index contributed by atoms with van der Waals surface area (Å²) in [7, 11) is 1.51. The summed E-state index contributed by atoms with van der Waals surface area (Å²) in [6.07, 6.45) is 3.05. The van der Waals surface area contributed by atoms with Crippen LogP contribution in [0.5, 0.6) is 11.5 Å². The van der Waals surface area contributed by atoms with Crippen molar-refractivity contribution in [1.82, 2.24) is 5.43 Å². The van der Waals surface area contributed by atoms with Crippen LogP contribution in [0.4, 0.5) is 5.69 Å². The molecule has 0 heterocycles. The number of carbonyl (C=O) groups is 1. The molecule has 0 aliphatic carbocycles. The molecular weight excluding hydrogens is 338 g/mol. The van der Waals surface area contributed by atoms with Crippen LogP contribution in [0.3, 0.4) is 0 Å². The Hall–Kier alpha value is -3.68. The number of methoxy groups -OCH3 is 1. The number of rotatable bonds is 8. The number of amides is 1. The van der Waals surface area contributed by atoms with Crippen molar-refractivity contribution in [3.8, 4) is 11.5 Å². The number of nitro benzene ring substituents is 1. The molecule has 2 aromatic carbocycles. The van der Waals surface area contributed by atoms with Gasteiger partial charge in [-0.25, -0.2) is 5.43 Å². The third-order valence-electron chi connectivity index (χ3n) is 3.24.